The van der Waals surface area contributed by atoms with Crippen molar-refractivity contribution in [2.45, 2.75) is 40.7 Å². The lowest BCUT2D eigenvalue weighted by atomic mass is 9.86. The molecule has 1 unspecified atom stereocenters. The van der Waals surface area contributed by atoms with Gasteiger partial charge in [0.1, 0.15) is 0 Å². The molecule has 0 aromatic heterocycles. The lowest BCUT2D eigenvalue weighted by Gasteiger charge is -2.36. The van der Waals surface area contributed by atoms with E-state index in [1.165, 1.54) is 5.57 Å². The number of rotatable bonds is 2. The molecule has 1 fully saturated rings. The summed E-state index contributed by atoms with van der Waals surface area (Å²) in [4.78, 5) is 14.1. The SMILES string of the molecule is CC(C(=O)N(C)C(C)C(C)(C)C)=C1CNC1. The maximum absolute atomic E-state index is 12.2. The zero-order valence-electron chi connectivity index (χ0n) is 11.3. The van der Waals surface area contributed by atoms with Crippen molar-refractivity contribution < 1.29 is 4.79 Å². The van der Waals surface area contributed by atoms with Gasteiger partial charge in [0, 0.05) is 31.8 Å². The van der Waals surface area contributed by atoms with E-state index >= 15 is 0 Å². The number of nitrogens with one attached hydrogen (secondary N) is 1. The fraction of sp³-hybridized carbons (Fsp3) is 0.769. The van der Waals surface area contributed by atoms with Gasteiger partial charge in [0.2, 0.25) is 5.91 Å². The second kappa shape index (κ2) is 4.58. The third kappa shape index (κ3) is 2.64. The molecule has 1 aliphatic heterocycles. The third-order valence-corrected chi connectivity index (χ3v) is 3.68. The van der Waals surface area contributed by atoms with Gasteiger partial charge in [-0.05, 0) is 24.8 Å². The summed E-state index contributed by atoms with van der Waals surface area (Å²) >= 11 is 0. The number of nitrogens with zero attached hydrogens (tertiary/aromatic N) is 1. The topological polar surface area (TPSA) is 32.3 Å². The van der Waals surface area contributed by atoms with E-state index in [-0.39, 0.29) is 17.4 Å². The van der Waals surface area contributed by atoms with Gasteiger partial charge in [0.25, 0.3) is 0 Å². The van der Waals surface area contributed by atoms with Gasteiger partial charge in [-0.3, -0.25) is 4.79 Å². The molecule has 1 aliphatic rings. The molecule has 16 heavy (non-hydrogen) atoms. The Morgan fingerprint density at radius 2 is 1.88 bits per heavy atom. The van der Waals surface area contributed by atoms with Crippen molar-refractivity contribution in [2.75, 3.05) is 20.1 Å². The first-order valence-electron chi connectivity index (χ1n) is 5.91. The van der Waals surface area contributed by atoms with Crippen LogP contribution in [0.15, 0.2) is 11.1 Å². The number of amides is 1. The quantitative estimate of drug-likeness (QED) is 0.725. The van der Waals surface area contributed by atoms with Gasteiger partial charge >= 0.3 is 0 Å². The predicted molar refractivity (Wildman–Crippen MR) is 67.3 cm³/mol. The molecule has 1 heterocycles. The monoisotopic (exact) mass is 224 g/mol. The minimum atomic E-state index is 0.118. The van der Waals surface area contributed by atoms with Crippen LogP contribution in [0.25, 0.3) is 0 Å². The van der Waals surface area contributed by atoms with Crippen molar-refractivity contribution in [3.63, 3.8) is 0 Å². The van der Waals surface area contributed by atoms with E-state index in [1.807, 2.05) is 18.9 Å². The molecule has 1 N–H and O–H groups in total. The molecule has 92 valence electrons. The molecule has 0 aliphatic carbocycles. The smallest absolute Gasteiger partial charge is 0.249 e. The lowest BCUT2D eigenvalue weighted by Crippen LogP contribution is -2.45. The highest BCUT2D eigenvalue weighted by atomic mass is 16.2. The normalized spacial score (nSPS) is 17.8. The van der Waals surface area contributed by atoms with Crippen LogP contribution >= 0.6 is 0 Å². The van der Waals surface area contributed by atoms with Gasteiger partial charge < -0.3 is 10.2 Å². The van der Waals surface area contributed by atoms with Crippen molar-refractivity contribution in [3.05, 3.63) is 11.1 Å². The molecule has 3 heteroatoms. The van der Waals surface area contributed by atoms with Crippen LogP contribution in [0, 0.1) is 5.41 Å². The van der Waals surface area contributed by atoms with Gasteiger partial charge in [-0.25, -0.2) is 0 Å². The molecule has 0 radical (unpaired) electrons. The maximum atomic E-state index is 12.2. The first-order valence-corrected chi connectivity index (χ1v) is 5.91. The molecule has 0 aromatic rings. The van der Waals surface area contributed by atoms with E-state index < -0.39 is 0 Å². The Morgan fingerprint density at radius 1 is 1.38 bits per heavy atom. The standard InChI is InChI=1S/C13H24N2O/c1-9(11-7-14-8-11)12(16)15(6)10(2)13(3,4)5/h10,14H,7-8H2,1-6H3. The van der Waals surface area contributed by atoms with Gasteiger partial charge in [-0.1, -0.05) is 20.8 Å². The Balaban J connectivity index is 2.74. The van der Waals surface area contributed by atoms with Crippen molar-refractivity contribution in [1.82, 2.24) is 10.2 Å². The molecule has 3 nitrogen and oxygen atoms in total. The zero-order valence-corrected chi connectivity index (χ0v) is 11.3. The van der Waals surface area contributed by atoms with Crippen LogP contribution < -0.4 is 5.32 Å². The van der Waals surface area contributed by atoms with Crippen LogP contribution in [0.5, 0.6) is 0 Å². The minimum absolute atomic E-state index is 0.118. The predicted octanol–water partition coefficient (Wildman–Crippen LogP) is 1.80. The Hall–Kier alpha value is -0.830. The van der Waals surface area contributed by atoms with Crippen molar-refractivity contribution in [3.8, 4) is 0 Å². The minimum Gasteiger partial charge on any atom is -0.339 e. The molecule has 0 spiro atoms. The third-order valence-electron chi connectivity index (χ3n) is 3.68. The molecule has 0 saturated carbocycles. The van der Waals surface area contributed by atoms with Crippen molar-refractivity contribution in [2.24, 2.45) is 5.41 Å². The zero-order chi connectivity index (χ0) is 12.5. The molecule has 1 atom stereocenters. The highest BCUT2D eigenvalue weighted by Crippen LogP contribution is 2.24. The Kier molecular flexibility index (Phi) is 3.79. The number of hydrogen-bond donors (Lipinski definition) is 1. The highest BCUT2D eigenvalue weighted by molar-refractivity contribution is 5.94. The van der Waals surface area contributed by atoms with Gasteiger partial charge in [-0.15, -0.1) is 0 Å². The summed E-state index contributed by atoms with van der Waals surface area (Å²) in [7, 11) is 1.90. The Morgan fingerprint density at radius 3 is 2.19 bits per heavy atom. The fourth-order valence-corrected chi connectivity index (χ4v) is 1.69. The van der Waals surface area contributed by atoms with Gasteiger partial charge in [-0.2, -0.15) is 0 Å². The fourth-order valence-electron chi connectivity index (χ4n) is 1.69. The average molecular weight is 224 g/mol. The van der Waals surface area contributed by atoms with Crippen LogP contribution in [0.3, 0.4) is 0 Å². The van der Waals surface area contributed by atoms with Gasteiger partial charge in [0.05, 0.1) is 0 Å². The lowest BCUT2D eigenvalue weighted by molar-refractivity contribution is -0.129. The highest BCUT2D eigenvalue weighted by Gasteiger charge is 2.28. The van der Waals surface area contributed by atoms with E-state index in [2.05, 4.69) is 33.0 Å². The van der Waals surface area contributed by atoms with Crippen LogP contribution in [-0.2, 0) is 4.79 Å². The molecular formula is C13H24N2O. The molecule has 1 amide bonds. The first-order chi connectivity index (χ1) is 7.25. The summed E-state index contributed by atoms with van der Waals surface area (Å²) < 4.78 is 0. The Labute approximate surface area is 98.9 Å². The van der Waals surface area contributed by atoms with Crippen LogP contribution in [0.1, 0.15) is 34.6 Å². The number of likely N-dealkylation sites (N-methyl/N-ethyl adjacent to an activating group) is 1. The summed E-state index contributed by atoms with van der Waals surface area (Å²) in [5, 5.41) is 3.17. The number of hydrogen-bond acceptors (Lipinski definition) is 2. The van der Waals surface area contributed by atoms with Crippen LogP contribution in [0.2, 0.25) is 0 Å². The Bertz CT molecular complexity index is 306. The van der Waals surface area contributed by atoms with E-state index in [9.17, 15) is 4.79 Å². The summed E-state index contributed by atoms with van der Waals surface area (Å²) in [5.41, 5.74) is 2.28. The van der Waals surface area contributed by atoms with Crippen LogP contribution in [0.4, 0.5) is 0 Å². The van der Waals surface area contributed by atoms with Crippen molar-refractivity contribution >= 4 is 5.91 Å². The largest absolute Gasteiger partial charge is 0.339 e. The molecule has 0 bridgehead atoms. The summed E-state index contributed by atoms with van der Waals surface area (Å²) in [5.74, 6) is 0.166. The molecule has 0 aromatic carbocycles. The molecular weight excluding hydrogens is 200 g/mol. The summed E-state index contributed by atoms with van der Waals surface area (Å²) in [6, 6.07) is 0.239. The molecule has 1 saturated heterocycles. The first kappa shape index (κ1) is 13.2. The maximum Gasteiger partial charge on any atom is 0.249 e. The molecule has 1 rings (SSSR count). The van der Waals surface area contributed by atoms with Crippen LogP contribution in [-0.4, -0.2) is 37.0 Å². The van der Waals surface area contributed by atoms with Crippen molar-refractivity contribution in [1.29, 1.82) is 0 Å². The second-order valence-corrected chi connectivity index (χ2v) is 5.79. The van der Waals surface area contributed by atoms with E-state index in [1.54, 1.807) is 0 Å². The summed E-state index contributed by atoms with van der Waals surface area (Å²) in [6.07, 6.45) is 0. The van der Waals surface area contributed by atoms with Gasteiger partial charge in [0.15, 0.2) is 0 Å². The average Bonchev–Trinajstić information content (AvgIpc) is 2.10. The number of carbonyl (C=O) groups is 1. The second-order valence-electron chi connectivity index (χ2n) is 5.79. The summed E-state index contributed by atoms with van der Waals surface area (Å²) in [6.45, 7) is 12.3. The number of carbonyl (C=O) groups excluding carboxylic acids is 1. The van der Waals surface area contributed by atoms with E-state index in [0.717, 1.165) is 18.7 Å². The van der Waals surface area contributed by atoms with E-state index in [0.29, 0.717) is 0 Å². The van der Waals surface area contributed by atoms with E-state index in [4.69, 9.17) is 0 Å².